The van der Waals surface area contributed by atoms with Gasteiger partial charge in [0, 0.05) is 20.6 Å². The molecule has 1 aromatic rings. The highest BCUT2D eigenvalue weighted by Crippen LogP contribution is 2.65. The van der Waals surface area contributed by atoms with E-state index in [-0.39, 0.29) is 29.6 Å². The fourth-order valence-corrected chi connectivity index (χ4v) is 6.74. The normalized spacial score (nSPS) is 20.6. The van der Waals surface area contributed by atoms with E-state index < -0.39 is 77.7 Å². The number of hydrogen-bond donors (Lipinski definition) is 4. The summed E-state index contributed by atoms with van der Waals surface area (Å²) in [5.41, 5.74) is -0.407. The Morgan fingerprint density at radius 1 is 0.980 bits per heavy atom. The Morgan fingerprint density at radius 2 is 1.61 bits per heavy atom. The summed E-state index contributed by atoms with van der Waals surface area (Å²) in [6, 6.07) is 4.50. The number of alkyl carbamates (subject to hydrolysis) is 1. The van der Waals surface area contributed by atoms with E-state index in [1.807, 2.05) is 20.8 Å². The van der Waals surface area contributed by atoms with E-state index in [4.69, 9.17) is 4.74 Å². The third kappa shape index (κ3) is 10.1. The lowest BCUT2D eigenvalue weighted by Gasteiger charge is -2.37. The second-order valence-electron chi connectivity index (χ2n) is 15.7. The zero-order chi connectivity index (χ0) is 38.4. The standard InChI is InChI=1S/C37H56N6O8/c1-11-12-18-24(29(45)32(47)38-19-25(44)40-27(33(48)42(9)10)22-16-14-13-15-17-22)39-31(46)28-26-23(37(26,7)8)20-43(28)34(49)30(36(4,5)6)41-35(50)51-21(2)3/h13-17,21,23-24,26-28,30H,11-12,18-20H2,1-10H3,(H,38,47)(H,39,46)(H,40,44)(H,41,50). The first-order chi connectivity index (χ1) is 23.7. The summed E-state index contributed by atoms with van der Waals surface area (Å²) in [4.78, 5) is 95.8. The molecule has 2 aliphatic rings. The van der Waals surface area contributed by atoms with Crippen LogP contribution in [0.25, 0.3) is 0 Å². The minimum Gasteiger partial charge on any atom is -0.447 e. The van der Waals surface area contributed by atoms with E-state index in [0.717, 1.165) is 0 Å². The van der Waals surface area contributed by atoms with Gasteiger partial charge in [-0.3, -0.25) is 28.8 Å². The number of piperidine rings is 1. The molecule has 1 heterocycles. The zero-order valence-corrected chi connectivity index (χ0v) is 31.6. The molecule has 14 nitrogen and oxygen atoms in total. The smallest absolute Gasteiger partial charge is 0.408 e. The van der Waals surface area contributed by atoms with Crippen LogP contribution in [0.15, 0.2) is 30.3 Å². The molecule has 1 aliphatic carbocycles. The van der Waals surface area contributed by atoms with Crippen molar-refractivity contribution in [2.75, 3.05) is 27.2 Å². The number of likely N-dealkylation sites (tertiary alicyclic amines) is 1. The largest absolute Gasteiger partial charge is 0.447 e. The summed E-state index contributed by atoms with van der Waals surface area (Å²) in [7, 11) is 3.12. The highest BCUT2D eigenvalue weighted by atomic mass is 16.6. The van der Waals surface area contributed by atoms with Crippen molar-refractivity contribution in [3.8, 4) is 0 Å². The number of ether oxygens (including phenoxy) is 1. The molecule has 1 aliphatic heterocycles. The topological polar surface area (TPSA) is 183 Å². The second-order valence-corrected chi connectivity index (χ2v) is 15.7. The molecule has 0 aromatic heterocycles. The van der Waals surface area contributed by atoms with Crippen LogP contribution in [0.4, 0.5) is 4.79 Å². The maximum absolute atomic E-state index is 14.1. The van der Waals surface area contributed by atoms with Crippen molar-refractivity contribution in [3.05, 3.63) is 35.9 Å². The molecule has 0 bridgehead atoms. The van der Waals surface area contributed by atoms with Crippen LogP contribution in [0, 0.1) is 22.7 Å². The van der Waals surface area contributed by atoms with Crippen molar-refractivity contribution in [3.63, 3.8) is 0 Å². The molecule has 3 rings (SSSR count). The Balaban J connectivity index is 1.75. The number of nitrogens with one attached hydrogen (secondary N) is 4. The molecular weight excluding hydrogens is 656 g/mol. The predicted molar refractivity (Wildman–Crippen MR) is 190 cm³/mol. The van der Waals surface area contributed by atoms with Gasteiger partial charge in [-0.05, 0) is 48.5 Å². The lowest BCUT2D eigenvalue weighted by Crippen LogP contribution is -2.60. The van der Waals surface area contributed by atoms with Crippen molar-refractivity contribution >= 4 is 41.4 Å². The number of ketones is 1. The number of unbranched alkanes of at least 4 members (excludes halogenated alkanes) is 1. The van der Waals surface area contributed by atoms with Gasteiger partial charge in [0.25, 0.3) is 5.91 Å². The number of Topliss-reactive ketones (excluding diaryl/α,β-unsaturated/α-hetero) is 1. The van der Waals surface area contributed by atoms with E-state index in [1.165, 1.54) is 9.80 Å². The molecule has 1 saturated carbocycles. The Bertz CT molecular complexity index is 1470. The van der Waals surface area contributed by atoms with Gasteiger partial charge in [-0.25, -0.2) is 4.79 Å². The molecule has 51 heavy (non-hydrogen) atoms. The van der Waals surface area contributed by atoms with Crippen molar-refractivity contribution in [1.29, 1.82) is 0 Å². The molecule has 282 valence electrons. The maximum atomic E-state index is 14.1. The van der Waals surface area contributed by atoms with Gasteiger partial charge in [0.2, 0.25) is 29.4 Å². The molecule has 1 saturated heterocycles. The molecule has 6 unspecified atom stereocenters. The van der Waals surface area contributed by atoms with Gasteiger partial charge in [0.15, 0.2) is 0 Å². The summed E-state index contributed by atoms with van der Waals surface area (Å²) in [5.74, 6) is -4.21. The summed E-state index contributed by atoms with van der Waals surface area (Å²) in [5, 5.41) is 10.4. The van der Waals surface area contributed by atoms with E-state index in [9.17, 15) is 33.6 Å². The van der Waals surface area contributed by atoms with Crippen molar-refractivity contribution in [1.82, 2.24) is 31.1 Å². The van der Waals surface area contributed by atoms with Gasteiger partial charge in [-0.15, -0.1) is 0 Å². The van der Waals surface area contributed by atoms with Crippen LogP contribution in [-0.4, -0.2) is 103 Å². The van der Waals surface area contributed by atoms with E-state index in [0.29, 0.717) is 24.9 Å². The van der Waals surface area contributed by atoms with Crippen molar-refractivity contribution in [2.24, 2.45) is 22.7 Å². The lowest BCUT2D eigenvalue weighted by molar-refractivity contribution is -0.145. The number of nitrogens with zero attached hydrogens (tertiary/aromatic N) is 2. The average Bonchev–Trinajstić information content (AvgIpc) is 3.36. The van der Waals surface area contributed by atoms with Crippen molar-refractivity contribution in [2.45, 2.75) is 105 Å². The third-order valence-corrected chi connectivity index (χ3v) is 9.72. The van der Waals surface area contributed by atoms with Crippen LogP contribution in [0.2, 0.25) is 0 Å². The fraction of sp³-hybridized carbons (Fsp3) is 0.649. The van der Waals surface area contributed by atoms with E-state index >= 15 is 0 Å². The number of carbonyl (C=O) groups is 7. The molecular formula is C37H56N6O8. The lowest BCUT2D eigenvalue weighted by atomic mass is 9.85. The number of benzene rings is 1. The first-order valence-corrected chi connectivity index (χ1v) is 17.7. The Labute approximate surface area is 301 Å². The van der Waals surface area contributed by atoms with E-state index in [2.05, 4.69) is 21.3 Å². The van der Waals surface area contributed by atoms with Crippen LogP contribution in [0.1, 0.15) is 86.3 Å². The van der Waals surface area contributed by atoms with Crippen LogP contribution in [0.3, 0.4) is 0 Å². The summed E-state index contributed by atoms with van der Waals surface area (Å²) >= 11 is 0. The van der Waals surface area contributed by atoms with Crippen LogP contribution in [0.5, 0.6) is 0 Å². The molecule has 2 fully saturated rings. The molecule has 0 spiro atoms. The maximum Gasteiger partial charge on any atom is 0.408 e. The summed E-state index contributed by atoms with van der Waals surface area (Å²) in [6.07, 6.45) is 0.228. The van der Waals surface area contributed by atoms with Gasteiger partial charge >= 0.3 is 6.09 Å². The Kier molecular flexibility index (Phi) is 13.4. The first kappa shape index (κ1) is 40.9. The summed E-state index contributed by atoms with van der Waals surface area (Å²) in [6.45, 7) is 14.5. The molecule has 6 amide bonds. The van der Waals surface area contributed by atoms with Gasteiger partial charge < -0.3 is 35.8 Å². The van der Waals surface area contributed by atoms with Gasteiger partial charge in [0.1, 0.15) is 18.1 Å². The number of likely N-dealkylation sites (N-methyl/N-ethyl adjacent to an activating group) is 1. The number of rotatable bonds is 15. The van der Waals surface area contributed by atoms with Crippen LogP contribution < -0.4 is 21.3 Å². The molecule has 14 heteroatoms. The second kappa shape index (κ2) is 16.7. The highest BCUT2D eigenvalue weighted by molar-refractivity contribution is 6.38. The minimum atomic E-state index is -1.21. The Morgan fingerprint density at radius 3 is 2.16 bits per heavy atom. The van der Waals surface area contributed by atoms with Gasteiger partial charge in [-0.1, -0.05) is 84.7 Å². The minimum absolute atomic E-state index is 0.0335. The summed E-state index contributed by atoms with van der Waals surface area (Å²) < 4.78 is 5.24. The quantitative estimate of drug-likeness (QED) is 0.200. The SMILES string of the molecule is CCCCC(NC(=O)C1C2C(CN1C(=O)C(NC(=O)OC(C)C)C(C)(C)C)C2(C)C)C(=O)C(=O)NCC(=O)NC(C(=O)N(C)C)c1ccccc1. The number of hydrogen-bond acceptors (Lipinski definition) is 8. The van der Waals surface area contributed by atoms with Gasteiger partial charge in [0.05, 0.1) is 18.7 Å². The van der Waals surface area contributed by atoms with Crippen molar-refractivity contribution < 1.29 is 38.3 Å². The number of carbonyl (C=O) groups excluding carboxylic acids is 7. The predicted octanol–water partition coefficient (Wildman–Crippen LogP) is 2.32. The average molecular weight is 713 g/mol. The number of amides is 6. The highest BCUT2D eigenvalue weighted by Gasteiger charge is 2.70. The first-order valence-electron chi connectivity index (χ1n) is 17.7. The van der Waals surface area contributed by atoms with E-state index in [1.54, 1.807) is 79.0 Å². The number of fused-ring (bicyclic) bond motifs is 1. The molecule has 0 radical (unpaired) electrons. The van der Waals surface area contributed by atoms with Crippen LogP contribution >= 0.6 is 0 Å². The van der Waals surface area contributed by atoms with Crippen LogP contribution in [-0.2, 0) is 33.5 Å². The zero-order valence-electron chi connectivity index (χ0n) is 31.6. The van der Waals surface area contributed by atoms with Gasteiger partial charge in [-0.2, -0.15) is 0 Å². The Hall–Kier alpha value is -4.49. The molecule has 1 aromatic carbocycles. The molecule has 4 N–H and O–H groups in total. The fourth-order valence-electron chi connectivity index (χ4n) is 6.74. The molecule has 6 atom stereocenters. The third-order valence-electron chi connectivity index (χ3n) is 9.72. The monoisotopic (exact) mass is 712 g/mol.